The van der Waals surface area contributed by atoms with E-state index in [2.05, 4.69) is 22.9 Å². The molecule has 1 aromatic carbocycles. The van der Waals surface area contributed by atoms with Crippen LogP contribution in [0.15, 0.2) is 28.7 Å². The molecule has 1 N–H and O–H groups in total. The molecule has 0 unspecified atom stereocenters. The Balaban J connectivity index is 0.000000385. The molecule has 92 valence electrons. The minimum Gasteiger partial charge on any atom is -0.494 e. The SMILES string of the molecule is CCCOc1ccc(Br)cc1.CS(=O)(=O)O. The predicted molar refractivity (Wildman–Crippen MR) is 67.4 cm³/mol. The van der Waals surface area contributed by atoms with E-state index < -0.39 is 10.1 Å². The maximum atomic E-state index is 9.19. The first-order valence-electron chi connectivity index (χ1n) is 4.63. The summed E-state index contributed by atoms with van der Waals surface area (Å²) in [5, 5.41) is 0. The van der Waals surface area contributed by atoms with E-state index >= 15 is 0 Å². The lowest BCUT2D eigenvalue weighted by molar-refractivity contribution is 0.317. The highest BCUT2D eigenvalue weighted by Gasteiger charge is 1.90. The van der Waals surface area contributed by atoms with E-state index in [1.54, 1.807) is 0 Å². The predicted octanol–water partition coefficient (Wildman–Crippen LogP) is 2.74. The van der Waals surface area contributed by atoms with Gasteiger partial charge in [-0.1, -0.05) is 22.9 Å². The van der Waals surface area contributed by atoms with Gasteiger partial charge in [0.05, 0.1) is 12.9 Å². The fourth-order valence-corrected chi connectivity index (χ4v) is 1.02. The number of hydrogen-bond acceptors (Lipinski definition) is 3. The van der Waals surface area contributed by atoms with Crippen molar-refractivity contribution in [2.45, 2.75) is 13.3 Å². The quantitative estimate of drug-likeness (QED) is 0.872. The van der Waals surface area contributed by atoms with Crippen LogP contribution in [0.1, 0.15) is 13.3 Å². The number of halogens is 1. The molecule has 4 nitrogen and oxygen atoms in total. The van der Waals surface area contributed by atoms with Crippen LogP contribution in [0.25, 0.3) is 0 Å². The second-order valence-electron chi connectivity index (χ2n) is 3.04. The molecule has 0 saturated carbocycles. The lowest BCUT2D eigenvalue weighted by atomic mass is 10.3. The topological polar surface area (TPSA) is 63.6 Å². The molecular weight excluding hydrogens is 296 g/mol. The summed E-state index contributed by atoms with van der Waals surface area (Å²) < 4.78 is 32.3. The summed E-state index contributed by atoms with van der Waals surface area (Å²) in [7, 11) is -3.67. The Bertz CT molecular complexity index is 378. The van der Waals surface area contributed by atoms with Gasteiger partial charge in [0.15, 0.2) is 0 Å². The molecule has 1 aromatic rings. The summed E-state index contributed by atoms with van der Waals surface area (Å²) in [6, 6.07) is 7.87. The molecule has 0 bridgehead atoms. The molecule has 0 radical (unpaired) electrons. The number of hydrogen-bond donors (Lipinski definition) is 1. The van der Waals surface area contributed by atoms with Crippen molar-refractivity contribution in [1.82, 2.24) is 0 Å². The van der Waals surface area contributed by atoms with Crippen LogP contribution in [-0.2, 0) is 10.1 Å². The van der Waals surface area contributed by atoms with E-state index in [9.17, 15) is 8.42 Å². The molecule has 0 atom stereocenters. The van der Waals surface area contributed by atoms with Crippen LogP contribution in [0.2, 0.25) is 0 Å². The normalized spacial score (nSPS) is 10.2. The molecule has 6 heteroatoms. The number of ether oxygens (including phenoxy) is 1. The second-order valence-corrected chi connectivity index (χ2v) is 5.42. The summed E-state index contributed by atoms with van der Waals surface area (Å²) in [6.45, 7) is 2.89. The third-order valence-corrected chi connectivity index (χ3v) is 1.82. The molecule has 0 spiro atoms. The zero-order valence-corrected chi connectivity index (χ0v) is 11.6. The van der Waals surface area contributed by atoms with E-state index in [1.165, 1.54) is 0 Å². The summed E-state index contributed by atoms with van der Waals surface area (Å²) in [5.74, 6) is 0.940. The monoisotopic (exact) mass is 310 g/mol. The van der Waals surface area contributed by atoms with Crippen molar-refractivity contribution in [3.8, 4) is 5.75 Å². The van der Waals surface area contributed by atoms with Crippen molar-refractivity contribution in [1.29, 1.82) is 0 Å². The van der Waals surface area contributed by atoms with E-state index in [-0.39, 0.29) is 0 Å². The minimum absolute atomic E-state index is 0.715. The van der Waals surface area contributed by atoms with Crippen molar-refractivity contribution in [2.75, 3.05) is 12.9 Å². The Labute approximate surface area is 105 Å². The fraction of sp³-hybridized carbons (Fsp3) is 0.400. The zero-order chi connectivity index (χ0) is 12.6. The average Bonchev–Trinajstić information content (AvgIpc) is 2.14. The molecule has 1 rings (SSSR count). The van der Waals surface area contributed by atoms with Crippen LogP contribution in [-0.4, -0.2) is 25.8 Å². The van der Waals surface area contributed by atoms with Gasteiger partial charge >= 0.3 is 0 Å². The first kappa shape index (κ1) is 15.4. The molecule has 0 amide bonds. The standard InChI is InChI=1S/C9H11BrO.CH4O3S/c1-2-7-11-9-5-3-8(10)4-6-9;1-5(2,3)4/h3-6H,2,7H2,1H3;1H3,(H,2,3,4). The molecule has 0 aliphatic rings. The minimum atomic E-state index is -3.67. The maximum Gasteiger partial charge on any atom is 0.261 e. The van der Waals surface area contributed by atoms with Gasteiger partial charge in [-0.15, -0.1) is 0 Å². The van der Waals surface area contributed by atoms with E-state index in [4.69, 9.17) is 9.29 Å². The highest BCUT2D eigenvalue weighted by atomic mass is 79.9. The molecule has 0 saturated heterocycles. The van der Waals surface area contributed by atoms with Crippen LogP contribution >= 0.6 is 15.9 Å². The highest BCUT2D eigenvalue weighted by Crippen LogP contribution is 2.15. The van der Waals surface area contributed by atoms with Crippen LogP contribution in [0.5, 0.6) is 5.75 Å². The molecule has 0 heterocycles. The second kappa shape index (κ2) is 7.65. The summed E-state index contributed by atoms with van der Waals surface area (Å²) in [5.41, 5.74) is 0. The largest absolute Gasteiger partial charge is 0.494 e. The Morgan fingerprint density at radius 1 is 1.31 bits per heavy atom. The van der Waals surface area contributed by atoms with Crippen LogP contribution in [0.3, 0.4) is 0 Å². The van der Waals surface area contributed by atoms with Gasteiger partial charge in [0.25, 0.3) is 10.1 Å². The van der Waals surface area contributed by atoms with Gasteiger partial charge in [-0.25, -0.2) is 0 Å². The molecule has 0 aliphatic carbocycles. The Kier molecular flexibility index (Phi) is 7.36. The lowest BCUT2D eigenvalue weighted by Crippen LogP contribution is -1.93. The smallest absolute Gasteiger partial charge is 0.261 e. The van der Waals surface area contributed by atoms with Crippen LogP contribution in [0, 0.1) is 0 Å². The Morgan fingerprint density at radius 2 is 1.75 bits per heavy atom. The number of benzene rings is 1. The number of rotatable bonds is 3. The maximum absolute atomic E-state index is 9.19. The van der Waals surface area contributed by atoms with Gasteiger partial charge in [-0.2, -0.15) is 8.42 Å². The Hall–Kier alpha value is -0.590. The van der Waals surface area contributed by atoms with Gasteiger partial charge in [0.1, 0.15) is 5.75 Å². The summed E-state index contributed by atoms with van der Waals surface area (Å²) in [6.07, 6.45) is 1.77. The van der Waals surface area contributed by atoms with Gasteiger partial charge < -0.3 is 4.74 Å². The molecular formula is C10H15BrO4S. The fourth-order valence-electron chi connectivity index (χ4n) is 0.751. The highest BCUT2D eigenvalue weighted by molar-refractivity contribution is 9.10. The van der Waals surface area contributed by atoms with E-state index in [0.29, 0.717) is 6.26 Å². The molecule has 16 heavy (non-hydrogen) atoms. The molecule has 0 aromatic heterocycles. The van der Waals surface area contributed by atoms with Crippen LogP contribution < -0.4 is 4.74 Å². The van der Waals surface area contributed by atoms with Crippen molar-refractivity contribution >= 4 is 26.0 Å². The molecule has 0 aliphatic heterocycles. The molecule has 0 fully saturated rings. The first-order valence-corrected chi connectivity index (χ1v) is 7.28. The lowest BCUT2D eigenvalue weighted by Gasteiger charge is -2.02. The van der Waals surface area contributed by atoms with Gasteiger partial charge in [0, 0.05) is 4.47 Å². The van der Waals surface area contributed by atoms with Gasteiger partial charge in [-0.05, 0) is 30.7 Å². The van der Waals surface area contributed by atoms with Gasteiger partial charge in [0.2, 0.25) is 0 Å². The van der Waals surface area contributed by atoms with Crippen molar-refractivity contribution < 1.29 is 17.7 Å². The van der Waals surface area contributed by atoms with Crippen molar-refractivity contribution in [3.63, 3.8) is 0 Å². The van der Waals surface area contributed by atoms with Crippen LogP contribution in [0.4, 0.5) is 0 Å². The summed E-state index contributed by atoms with van der Waals surface area (Å²) in [4.78, 5) is 0. The first-order chi connectivity index (χ1) is 7.33. The third kappa shape index (κ3) is 11.5. The Morgan fingerprint density at radius 3 is 2.12 bits per heavy atom. The third-order valence-electron chi connectivity index (χ3n) is 1.29. The zero-order valence-electron chi connectivity index (χ0n) is 9.18. The van der Waals surface area contributed by atoms with Crippen molar-refractivity contribution in [2.24, 2.45) is 0 Å². The van der Waals surface area contributed by atoms with E-state index in [1.807, 2.05) is 24.3 Å². The average molecular weight is 311 g/mol. The summed E-state index contributed by atoms with van der Waals surface area (Å²) >= 11 is 3.36. The van der Waals surface area contributed by atoms with Gasteiger partial charge in [-0.3, -0.25) is 4.55 Å². The van der Waals surface area contributed by atoms with Crippen molar-refractivity contribution in [3.05, 3.63) is 28.7 Å². The van der Waals surface area contributed by atoms with E-state index in [0.717, 1.165) is 23.2 Å².